The van der Waals surface area contributed by atoms with Crippen LogP contribution in [-0.2, 0) is 0 Å². The summed E-state index contributed by atoms with van der Waals surface area (Å²) in [6.07, 6.45) is 0. The molecular weight excluding hydrogens is 456 g/mol. The molecule has 3 heterocycles. The van der Waals surface area contributed by atoms with E-state index >= 15 is 0 Å². The second-order valence-electron chi connectivity index (χ2n) is 7.81. The standard InChI is InChI=1S/C26H16N8O2/c1-15(35)21-22(16(2)36)32-26-25(31-21)33(17-9-5-3-6-10-17)23-24(30-20(14-28)19(13-27)29-23)34(26)18-11-7-4-8-12-18/h3-12H,1-2H3. The van der Waals surface area contributed by atoms with Gasteiger partial charge in [-0.1, -0.05) is 36.4 Å². The van der Waals surface area contributed by atoms with Crippen LogP contribution in [-0.4, -0.2) is 31.5 Å². The van der Waals surface area contributed by atoms with Crippen molar-refractivity contribution < 1.29 is 9.59 Å². The molecule has 4 aromatic rings. The molecule has 172 valence electrons. The van der Waals surface area contributed by atoms with Crippen LogP contribution in [0.2, 0.25) is 0 Å². The number of fused-ring (bicyclic) bond motifs is 2. The molecule has 2 aromatic carbocycles. The molecule has 0 N–H and O–H groups in total. The van der Waals surface area contributed by atoms with Crippen LogP contribution in [0.1, 0.15) is 46.2 Å². The van der Waals surface area contributed by atoms with Gasteiger partial charge in [-0.2, -0.15) is 10.5 Å². The number of nitrogens with zero attached hydrogens (tertiary/aromatic N) is 8. The average Bonchev–Trinajstić information content (AvgIpc) is 2.90. The molecule has 1 aliphatic rings. The van der Waals surface area contributed by atoms with Crippen molar-refractivity contribution in [1.29, 1.82) is 10.5 Å². The largest absolute Gasteiger partial charge is 0.293 e. The van der Waals surface area contributed by atoms with Crippen molar-refractivity contribution in [2.45, 2.75) is 13.8 Å². The Kier molecular flexibility index (Phi) is 5.40. The lowest BCUT2D eigenvalue weighted by molar-refractivity contribution is 0.0973. The lowest BCUT2D eigenvalue weighted by atomic mass is 10.1. The molecule has 0 spiro atoms. The lowest BCUT2D eigenvalue weighted by Gasteiger charge is -2.37. The summed E-state index contributed by atoms with van der Waals surface area (Å²) in [6.45, 7) is 2.63. The third kappa shape index (κ3) is 3.50. The number of nitriles is 2. The van der Waals surface area contributed by atoms with E-state index in [0.717, 1.165) is 0 Å². The highest BCUT2D eigenvalue weighted by Gasteiger charge is 2.38. The number of Topliss-reactive ketones (excluding diaryl/α,β-unsaturated/α-hetero) is 2. The van der Waals surface area contributed by atoms with E-state index in [9.17, 15) is 20.1 Å². The van der Waals surface area contributed by atoms with Crippen molar-refractivity contribution >= 4 is 46.2 Å². The average molecular weight is 472 g/mol. The fourth-order valence-electron chi connectivity index (χ4n) is 3.93. The van der Waals surface area contributed by atoms with E-state index in [4.69, 9.17) is 0 Å². The second-order valence-corrected chi connectivity index (χ2v) is 7.81. The normalized spacial score (nSPS) is 11.7. The van der Waals surface area contributed by atoms with E-state index < -0.39 is 11.6 Å². The van der Waals surface area contributed by atoms with Crippen LogP contribution in [0, 0.1) is 22.7 Å². The molecule has 1 aliphatic heterocycles. The van der Waals surface area contributed by atoms with Gasteiger partial charge in [0.1, 0.15) is 23.5 Å². The van der Waals surface area contributed by atoms with E-state index in [-0.39, 0.29) is 46.0 Å². The number of ketones is 2. The predicted molar refractivity (Wildman–Crippen MR) is 130 cm³/mol. The topological polar surface area (TPSA) is 140 Å². The third-order valence-electron chi connectivity index (χ3n) is 5.47. The minimum atomic E-state index is -0.427. The van der Waals surface area contributed by atoms with Crippen LogP contribution < -0.4 is 9.80 Å². The summed E-state index contributed by atoms with van der Waals surface area (Å²) in [5, 5.41) is 19.3. The first kappa shape index (κ1) is 22.3. The van der Waals surface area contributed by atoms with Crippen LogP contribution in [0.25, 0.3) is 0 Å². The van der Waals surface area contributed by atoms with Crippen molar-refractivity contribution in [2.24, 2.45) is 0 Å². The SMILES string of the molecule is CC(=O)c1nc2c(nc1C(C)=O)N(c1ccccc1)c1nc(C#N)c(C#N)nc1N2c1ccccc1. The number of hydrogen-bond donors (Lipinski definition) is 0. The van der Waals surface area contributed by atoms with Gasteiger partial charge in [-0.15, -0.1) is 0 Å². The van der Waals surface area contributed by atoms with Crippen molar-refractivity contribution in [3.8, 4) is 12.1 Å². The van der Waals surface area contributed by atoms with Crippen LogP contribution in [0.5, 0.6) is 0 Å². The zero-order valence-electron chi connectivity index (χ0n) is 19.2. The Bertz CT molecular complexity index is 1500. The van der Waals surface area contributed by atoms with Crippen molar-refractivity contribution in [2.75, 3.05) is 9.80 Å². The number of benzene rings is 2. The van der Waals surface area contributed by atoms with Gasteiger partial charge in [-0.05, 0) is 24.3 Å². The zero-order valence-corrected chi connectivity index (χ0v) is 19.2. The summed E-state index contributed by atoms with van der Waals surface area (Å²) >= 11 is 0. The van der Waals surface area contributed by atoms with Gasteiger partial charge in [0, 0.05) is 25.2 Å². The summed E-state index contributed by atoms with van der Waals surface area (Å²) in [6, 6.07) is 21.9. The first-order valence-electron chi connectivity index (χ1n) is 10.8. The molecule has 36 heavy (non-hydrogen) atoms. The Hall–Kier alpha value is -5.48. The molecule has 5 rings (SSSR count). The summed E-state index contributed by atoms with van der Waals surface area (Å²) in [4.78, 5) is 46.4. The van der Waals surface area contributed by atoms with Gasteiger partial charge in [-0.3, -0.25) is 19.4 Å². The number of hydrogen-bond acceptors (Lipinski definition) is 10. The van der Waals surface area contributed by atoms with Crippen LogP contribution >= 0.6 is 0 Å². The van der Waals surface area contributed by atoms with Gasteiger partial charge >= 0.3 is 0 Å². The maximum atomic E-state index is 12.5. The lowest BCUT2D eigenvalue weighted by Crippen LogP contribution is -2.30. The minimum absolute atomic E-state index is 0.0826. The van der Waals surface area contributed by atoms with Gasteiger partial charge in [0.25, 0.3) is 0 Å². The van der Waals surface area contributed by atoms with E-state index in [2.05, 4.69) is 19.9 Å². The monoisotopic (exact) mass is 472 g/mol. The fraction of sp³-hybridized carbons (Fsp3) is 0.0769. The van der Waals surface area contributed by atoms with Crippen molar-refractivity contribution in [1.82, 2.24) is 19.9 Å². The smallest absolute Gasteiger partial charge is 0.184 e. The highest BCUT2D eigenvalue weighted by Crippen LogP contribution is 2.51. The van der Waals surface area contributed by atoms with E-state index in [1.54, 1.807) is 34.1 Å². The van der Waals surface area contributed by atoms with Gasteiger partial charge < -0.3 is 0 Å². The molecule has 0 amide bonds. The molecule has 0 bridgehead atoms. The van der Waals surface area contributed by atoms with E-state index in [0.29, 0.717) is 11.4 Å². The molecule has 0 saturated carbocycles. The van der Waals surface area contributed by atoms with Crippen LogP contribution in [0.3, 0.4) is 0 Å². The molecule has 2 aromatic heterocycles. The summed E-state index contributed by atoms with van der Waals surface area (Å²) in [7, 11) is 0. The Labute approximate surface area is 205 Å². The molecule has 0 radical (unpaired) electrons. The summed E-state index contributed by atoms with van der Waals surface area (Å²) < 4.78 is 0. The van der Waals surface area contributed by atoms with Gasteiger partial charge in [-0.25, -0.2) is 19.9 Å². The number of rotatable bonds is 4. The summed E-state index contributed by atoms with van der Waals surface area (Å²) in [5.41, 5.74) is 0.731. The van der Waals surface area contributed by atoms with E-state index in [1.165, 1.54) is 13.8 Å². The molecule has 0 aliphatic carbocycles. The van der Waals surface area contributed by atoms with Crippen LogP contribution in [0.4, 0.5) is 34.6 Å². The van der Waals surface area contributed by atoms with Gasteiger partial charge in [0.2, 0.25) is 0 Å². The number of carbonyl (C=O) groups excluding carboxylic acids is 2. The Morgan fingerprint density at radius 1 is 0.611 bits per heavy atom. The Morgan fingerprint density at radius 2 is 0.944 bits per heavy atom. The number of anilines is 6. The molecule has 10 heteroatoms. The van der Waals surface area contributed by atoms with Gasteiger partial charge in [0.15, 0.2) is 46.2 Å². The highest BCUT2D eigenvalue weighted by atomic mass is 16.1. The second kappa shape index (κ2) is 8.70. The third-order valence-corrected chi connectivity index (χ3v) is 5.47. The number of carbonyl (C=O) groups is 2. The number of para-hydroxylation sites is 2. The Morgan fingerprint density at radius 3 is 1.25 bits per heavy atom. The first-order chi connectivity index (χ1) is 17.4. The van der Waals surface area contributed by atoms with Crippen molar-refractivity contribution in [3.63, 3.8) is 0 Å². The quantitative estimate of drug-likeness (QED) is 0.339. The molecule has 0 unspecified atom stereocenters. The van der Waals surface area contributed by atoms with Crippen molar-refractivity contribution in [3.05, 3.63) is 83.4 Å². The maximum Gasteiger partial charge on any atom is 0.184 e. The Balaban J connectivity index is 1.95. The fourth-order valence-corrected chi connectivity index (χ4v) is 3.93. The number of aromatic nitrogens is 4. The first-order valence-corrected chi connectivity index (χ1v) is 10.8. The van der Waals surface area contributed by atoms with Crippen LogP contribution in [0.15, 0.2) is 60.7 Å². The minimum Gasteiger partial charge on any atom is -0.293 e. The molecule has 0 atom stereocenters. The van der Waals surface area contributed by atoms with E-state index in [1.807, 2.05) is 48.5 Å². The molecular formula is C26H16N8O2. The predicted octanol–water partition coefficient (Wildman–Crippen LogP) is 4.67. The highest BCUT2D eigenvalue weighted by molar-refractivity contribution is 6.07. The molecule has 0 saturated heterocycles. The summed E-state index contributed by atoms with van der Waals surface area (Å²) in [5.74, 6) is 0.0136. The molecule has 0 fully saturated rings. The molecule has 10 nitrogen and oxygen atoms in total. The van der Waals surface area contributed by atoms with Gasteiger partial charge in [0.05, 0.1) is 0 Å². The maximum absolute atomic E-state index is 12.5. The zero-order chi connectivity index (χ0) is 25.4.